The van der Waals surface area contributed by atoms with Gasteiger partial charge in [-0.05, 0) is 24.6 Å². The fourth-order valence-electron chi connectivity index (χ4n) is 0.823. The van der Waals surface area contributed by atoms with Crippen molar-refractivity contribution in [1.82, 2.24) is 0 Å². The van der Waals surface area contributed by atoms with Gasteiger partial charge in [-0.15, -0.1) is 11.8 Å². The molecule has 1 rings (SSSR count). The standard InChI is InChI=1S/C10H15NS/c1-9(7-11)8-12-10-5-3-2-4-6-10/h2-6,9H,7-8,11H2,1H3. The summed E-state index contributed by atoms with van der Waals surface area (Å²) in [6, 6.07) is 10.4. The van der Waals surface area contributed by atoms with Gasteiger partial charge in [-0.3, -0.25) is 0 Å². The fourth-order valence-corrected chi connectivity index (χ4v) is 1.79. The van der Waals surface area contributed by atoms with E-state index in [1.165, 1.54) is 4.90 Å². The van der Waals surface area contributed by atoms with E-state index < -0.39 is 0 Å². The summed E-state index contributed by atoms with van der Waals surface area (Å²) in [6.07, 6.45) is 0. The second-order valence-corrected chi connectivity index (χ2v) is 4.06. The van der Waals surface area contributed by atoms with Crippen LogP contribution in [0.5, 0.6) is 0 Å². The van der Waals surface area contributed by atoms with Gasteiger partial charge in [0, 0.05) is 10.6 Å². The summed E-state index contributed by atoms with van der Waals surface area (Å²) in [5.41, 5.74) is 5.52. The SMILES string of the molecule is CC(CN)CSc1ccccc1. The Morgan fingerprint density at radius 3 is 2.58 bits per heavy atom. The average molecular weight is 181 g/mol. The van der Waals surface area contributed by atoms with Gasteiger partial charge in [0.05, 0.1) is 0 Å². The van der Waals surface area contributed by atoms with Crippen LogP contribution in [0.1, 0.15) is 6.92 Å². The van der Waals surface area contributed by atoms with Crippen LogP contribution in [0, 0.1) is 5.92 Å². The smallest absolute Gasteiger partial charge is 0.00720 e. The molecule has 1 atom stereocenters. The van der Waals surface area contributed by atoms with Gasteiger partial charge in [-0.2, -0.15) is 0 Å². The van der Waals surface area contributed by atoms with Crippen LogP contribution in [0.3, 0.4) is 0 Å². The van der Waals surface area contributed by atoms with Crippen LogP contribution in [-0.4, -0.2) is 12.3 Å². The lowest BCUT2D eigenvalue weighted by Gasteiger charge is -2.06. The number of benzene rings is 1. The second kappa shape index (κ2) is 5.22. The highest BCUT2D eigenvalue weighted by molar-refractivity contribution is 7.99. The molecule has 1 aromatic carbocycles. The van der Waals surface area contributed by atoms with E-state index in [-0.39, 0.29) is 0 Å². The molecule has 1 unspecified atom stereocenters. The first kappa shape index (κ1) is 9.62. The maximum atomic E-state index is 5.52. The zero-order chi connectivity index (χ0) is 8.81. The molecule has 0 heterocycles. The van der Waals surface area contributed by atoms with Crippen LogP contribution in [0.4, 0.5) is 0 Å². The zero-order valence-corrected chi connectivity index (χ0v) is 8.18. The van der Waals surface area contributed by atoms with Crippen LogP contribution in [0.2, 0.25) is 0 Å². The van der Waals surface area contributed by atoms with Crippen molar-refractivity contribution in [3.8, 4) is 0 Å². The molecule has 0 aliphatic rings. The maximum absolute atomic E-state index is 5.52. The van der Waals surface area contributed by atoms with Crippen LogP contribution in [0.15, 0.2) is 35.2 Å². The Morgan fingerprint density at radius 1 is 1.33 bits per heavy atom. The summed E-state index contributed by atoms with van der Waals surface area (Å²) >= 11 is 1.87. The van der Waals surface area contributed by atoms with E-state index in [0.29, 0.717) is 5.92 Å². The van der Waals surface area contributed by atoms with Gasteiger partial charge in [-0.25, -0.2) is 0 Å². The number of hydrogen-bond donors (Lipinski definition) is 1. The van der Waals surface area contributed by atoms with Gasteiger partial charge in [0.2, 0.25) is 0 Å². The Bertz CT molecular complexity index is 210. The lowest BCUT2D eigenvalue weighted by atomic mass is 10.2. The highest BCUT2D eigenvalue weighted by atomic mass is 32.2. The summed E-state index contributed by atoms with van der Waals surface area (Å²) in [5.74, 6) is 1.72. The lowest BCUT2D eigenvalue weighted by Crippen LogP contribution is -2.12. The van der Waals surface area contributed by atoms with Gasteiger partial charge in [0.25, 0.3) is 0 Å². The van der Waals surface area contributed by atoms with E-state index in [2.05, 4.69) is 31.2 Å². The van der Waals surface area contributed by atoms with Crippen molar-refractivity contribution < 1.29 is 0 Å². The molecule has 0 saturated heterocycles. The molecule has 2 N–H and O–H groups in total. The highest BCUT2D eigenvalue weighted by Crippen LogP contribution is 2.19. The molecule has 0 aliphatic carbocycles. The van der Waals surface area contributed by atoms with Crippen molar-refractivity contribution in [2.75, 3.05) is 12.3 Å². The van der Waals surface area contributed by atoms with E-state index in [1.807, 2.05) is 17.8 Å². The van der Waals surface area contributed by atoms with Crippen LogP contribution in [0.25, 0.3) is 0 Å². The Balaban J connectivity index is 2.33. The quantitative estimate of drug-likeness (QED) is 0.722. The maximum Gasteiger partial charge on any atom is 0.00720 e. The van der Waals surface area contributed by atoms with Gasteiger partial charge < -0.3 is 5.73 Å². The predicted molar refractivity (Wildman–Crippen MR) is 55.4 cm³/mol. The first-order chi connectivity index (χ1) is 5.83. The van der Waals surface area contributed by atoms with Crippen molar-refractivity contribution in [2.45, 2.75) is 11.8 Å². The molecule has 0 spiro atoms. The molecule has 0 radical (unpaired) electrons. The first-order valence-corrected chi connectivity index (χ1v) is 5.19. The largest absolute Gasteiger partial charge is 0.330 e. The highest BCUT2D eigenvalue weighted by Gasteiger charge is 1.99. The van der Waals surface area contributed by atoms with Crippen molar-refractivity contribution in [3.63, 3.8) is 0 Å². The third-order valence-electron chi connectivity index (χ3n) is 1.68. The summed E-state index contributed by atoms with van der Waals surface area (Å²) < 4.78 is 0. The predicted octanol–water partition coefficient (Wildman–Crippen LogP) is 2.37. The molecule has 0 aliphatic heterocycles. The first-order valence-electron chi connectivity index (χ1n) is 4.21. The third-order valence-corrected chi connectivity index (χ3v) is 3.02. The zero-order valence-electron chi connectivity index (χ0n) is 7.36. The van der Waals surface area contributed by atoms with Gasteiger partial charge >= 0.3 is 0 Å². The van der Waals surface area contributed by atoms with E-state index in [9.17, 15) is 0 Å². The molecule has 0 fully saturated rings. The van der Waals surface area contributed by atoms with Gasteiger partial charge in [0.1, 0.15) is 0 Å². The van der Waals surface area contributed by atoms with E-state index in [1.54, 1.807) is 0 Å². The molecule has 12 heavy (non-hydrogen) atoms. The Hall–Kier alpha value is -0.470. The van der Waals surface area contributed by atoms with E-state index >= 15 is 0 Å². The molecule has 0 amide bonds. The van der Waals surface area contributed by atoms with E-state index in [4.69, 9.17) is 5.73 Å². The lowest BCUT2D eigenvalue weighted by molar-refractivity contribution is 0.675. The van der Waals surface area contributed by atoms with Crippen molar-refractivity contribution in [2.24, 2.45) is 11.7 Å². The topological polar surface area (TPSA) is 26.0 Å². The van der Waals surface area contributed by atoms with Gasteiger partial charge in [-0.1, -0.05) is 25.1 Å². The van der Waals surface area contributed by atoms with Crippen LogP contribution in [-0.2, 0) is 0 Å². The molecular formula is C10H15NS. The number of thioether (sulfide) groups is 1. The second-order valence-electron chi connectivity index (χ2n) is 2.96. The molecule has 66 valence electrons. The summed E-state index contributed by atoms with van der Waals surface area (Å²) in [4.78, 5) is 1.33. The van der Waals surface area contributed by atoms with Crippen molar-refractivity contribution in [1.29, 1.82) is 0 Å². The number of nitrogens with two attached hydrogens (primary N) is 1. The molecular weight excluding hydrogens is 166 g/mol. The Kier molecular flexibility index (Phi) is 4.19. The average Bonchev–Trinajstić information content (AvgIpc) is 2.16. The molecule has 2 heteroatoms. The Labute approximate surface area is 78.4 Å². The van der Waals surface area contributed by atoms with Crippen molar-refractivity contribution in [3.05, 3.63) is 30.3 Å². The van der Waals surface area contributed by atoms with Crippen molar-refractivity contribution >= 4 is 11.8 Å². The van der Waals surface area contributed by atoms with Crippen LogP contribution >= 0.6 is 11.8 Å². The monoisotopic (exact) mass is 181 g/mol. The van der Waals surface area contributed by atoms with Crippen LogP contribution < -0.4 is 5.73 Å². The molecule has 0 bridgehead atoms. The molecule has 1 aromatic rings. The minimum absolute atomic E-state index is 0.607. The molecule has 1 nitrogen and oxygen atoms in total. The Morgan fingerprint density at radius 2 is 2.00 bits per heavy atom. The third kappa shape index (κ3) is 3.28. The van der Waals surface area contributed by atoms with E-state index in [0.717, 1.165) is 12.3 Å². The fraction of sp³-hybridized carbons (Fsp3) is 0.400. The number of hydrogen-bond acceptors (Lipinski definition) is 2. The normalized spacial score (nSPS) is 12.8. The number of rotatable bonds is 4. The summed E-state index contributed by atoms with van der Waals surface area (Å²) in [7, 11) is 0. The summed E-state index contributed by atoms with van der Waals surface area (Å²) in [5, 5.41) is 0. The summed E-state index contributed by atoms with van der Waals surface area (Å²) in [6.45, 7) is 2.95. The minimum atomic E-state index is 0.607. The van der Waals surface area contributed by atoms with Gasteiger partial charge in [0.15, 0.2) is 0 Å². The molecule has 0 saturated carbocycles. The molecule has 0 aromatic heterocycles. The minimum Gasteiger partial charge on any atom is -0.330 e.